The average molecular weight is 228 g/mol. The minimum atomic E-state index is 0.548. The molecule has 0 radical (unpaired) electrons. The summed E-state index contributed by atoms with van der Waals surface area (Å²) in [7, 11) is 0. The summed E-state index contributed by atoms with van der Waals surface area (Å²) in [4.78, 5) is 4.72. The molecule has 3 heteroatoms. The van der Waals surface area contributed by atoms with Gasteiger partial charge in [-0.1, -0.05) is 39.0 Å². The molecule has 0 aromatic heterocycles. The van der Waals surface area contributed by atoms with E-state index in [1.165, 1.54) is 30.2 Å². The number of thioether (sulfide) groups is 1. The summed E-state index contributed by atoms with van der Waals surface area (Å²) in [5.74, 6) is 1.92. The van der Waals surface area contributed by atoms with Crippen molar-refractivity contribution in [3.63, 3.8) is 0 Å². The predicted octanol–water partition coefficient (Wildman–Crippen LogP) is 3.28. The molecule has 15 heavy (non-hydrogen) atoms. The molecular formula is C12H24N2S. The number of hydrogen-bond acceptors (Lipinski definition) is 3. The lowest BCUT2D eigenvalue weighted by Gasteiger charge is -2.12. The van der Waals surface area contributed by atoms with Crippen molar-refractivity contribution in [3.05, 3.63) is 0 Å². The molecule has 1 aliphatic heterocycles. The van der Waals surface area contributed by atoms with Crippen LogP contribution >= 0.6 is 11.8 Å². The molecule has 2 nitrogen and oxygen atoms in total. The monoisotopic (exact) mass is 228 g/mol. The summed E-state index contributed by atoms with van der Waals surface area (Å²) in [6, 6.07) is 1.12. The second kappa shape index (κ2) is 6.41. The van der Waals surface area contributed by atoms with E-state index in [0.29, 0.717) is 12.1 Å². The quantitative estimate of drug-likeness (QED) is 0.781. The van der Waals surface area contributed by atoms with Crippen molar-refractivity contribution in [2.45, 2.75) is 59.0 Å². The lowest BCUT2D eigenvalue weighted by atomic mass is 10.1. The van der Waals surface area contributed by atoms with Crippen molar-refractivity contribution < 1.29 is 0 Å². The zero-order valence-corrected chi connectivity index (χ0v) is 11.2. The van der Waals surface area contributed by atoms with Crippen LogP contribution in [-0.2, 0) is 0 Å². The van der Waals surface area contributed by atoms with Gasteiger partial charge in [0.25, 0.3) is 0 Å². The maximum atomic E-state index is 4.72. The Bertz CT molecular complexity index is 214. The minimum Gasteiger partial charge on any atom is -0.362 e. The molecule has 1 aliphatic rings. The van der Waals surface area contributed by atoms with Gasteiger partial charge in [0, 0.05) is 11.8 Å². The van der Waals surface area contributed by atoms with Crippen LogP contribution in [0.3, 0.4) is 0 Å². The summed E-state index contributed by atoms with van der Waals surface area (Å²) in [5, 5.41) is 4.66. The molecule has 88 valence electrons. The summed E-state index contributed by atoms with van der Waals surface area (Å²) in [6.45, 7) is 9.00. The Morgan fingerprint density at radius 2 is 2.20 bits per heavy atom. The van der Waals surface area contributed by atoms with Gasteiger partial charge in [-0.05, 0) is 25.7 Å². The molecule has 0 spiro atoms. The standard InChI is InChI=1S/C12H24N2S/c1-5-6-10(4)13-12-14-11(8-15-12)7-9(2)3/h9-11H,5-8H2,1-4H3,(H,13,14). The minimum absolute atomic E-state index is 0.548. The van der Waals surface area contributed by atoms with Crippen molar-refractivity contribution in [3.8, 4) is 0 Å². The molecule has 1 heterocycles. The largest absolute Gasteiger partial charge is 0.362 e. The van der Waals surface area contributed by atoms with E-state index in [-0.39, 0.29) is 0 Å². The van der Waals surface area contributed by atoms with E-state index in [0.717, 1.165) is 5.92 Å². The highest BCUT2D eigenvalue weighted by Gasteiger charge is 2.19. The Kier molecular flexibility index (Phi) is 5.51. The van der Waals surface area contributed by atoms with Crippen LogP contribution in [0.25, 0.3) is 0 Å². The smallest absolute Gasteiger partial charge is 0.157 e. The molecule has 1 rings (SSSR count). The van der Waals surface area contributed by atoms with Crippen LogP contribution in [0, 0.1) is 5.92 Å². The number of hydrogen-bond donors (Lipinski definition) is 1. The first-order chi connectivity index (χ1) is 7.11. The maximum absolute atomic E-state index is 4.72. The topological polar surface area (TPSA) is 24.4 Å². The fourth-order valence-electron chi connectivity index (χ4n) is 1.88. The molecular weight excluding hydrogens is 204 g/mol. The van der Waals surface area contributed by atoms with Crippen molar-refractivity contribution in [2.24, 2.45) is 10.9 Å². The molecule has 0 amide bonds. The molecule has 0 bridgehead atoms. The molecule has 2 atom stereocenters. The first-order valence-corrected chi connectivity index (χ1v) is 7.07. The van der Waals surface area contributed by atoms with Gasteiger partial charge in [-0.25, -0.2) is 0 Å². The van der Waals surface area contributed by atoms with Crippen LogP contribution in [0.2, 0.25) is 0 Å². The average Bonchev–Trinajstić information content (AvgIpc) is 2.51. The molecule has 2 unspecified atom stereocenters. The lowest BCUT2D eigenvalue weighted by Crippen LogP contribution is -2.29. The van der Waals surface area contributed by atoms with E-state index in [2.05, 4.69) is 33.0 Å². The summed E-state index contributed by atoms with van der Waals surface area (Å²) < 4.78 is 0. The van der Waals surface area contributed by atoms with Gasteiger partial charge < -0.3 is 5.32 Å². The van der Waals surface area contributed by atoms with Gasteiger partial charge in [0.15, 0.2) is 5.17 Å². The van der Waals surface area contributed by atoms with Crippen LogP contribution < -0.4 is 5.32 Å². The van der Waals surface area contributed by atoms with Crippen molar-refractivity contribution >= 4 is 16.9 Å². The number of amidine groups is 1. The van der Waals surface area contributed by atoms with Crippen LogP contribution in [-0.4, -0.2) is 23.0 Å². The molecule has 0 aliphatic carbocycles. The summed E-state index contributed by atoms with van der Waals surface area (Å²) >= 11 is 1.89. The molecule has 0 saturated carbocycles. The van der Waals surface area contributed by atoms with E-state index >= 15 is 0 Å². The van der Waals surface area contributed by atoms with E-state index < -0.39 is 0 Å². The Morgan fingerprint density at radius 1 is 1.47 bits per heavy atom. The Hall–Kier alpha value is -0.180. The number of rotatable bonds is 5. The second-order valence-corrected chi connectivity index (χ2v) is 5.87. The van der Waals surface area contributed by atoms with Gasteiger partial charge >= 0.3 is 0 Å². The normalized spacial score (nSPS) is 23.0. The van der Waals surface area contributed by atoms with Gasteiger partial charge in [-0.2, -0.15) is 0 Å². The predicted molar refractivity (Wildman–Crippen MR) is 70.6 cm³/mol. The van der Waals surface area contributed by atoms with Crippen molar-refractivity contribution in [2.75, 3.05) is 5.75 Å². The third-order valence-electron chi connectivity index (χ3n) is 2.55. The highest BCUT2D eigenvalue weighted by molar-refractivity contribution is 8.14. The highest BCUT2D eigenvalue weighted by Crippen LogP contribution is 2.22. The number of nitrogens with one attached hydrogen (secondary N) is 1. The van der Waals surface area contributed by atoms with Gasteiger partial charge in [-0.15, -0.1) is 0 Å². The van der Waals surface area contributed by atoms with Crippen molar-refractivity contribution in [1.29, 1.82) is 0 Å². The molecule has 0 saturated heterocycles. The zero-order chi connectivity index (χ0) is 11.3. The molecule has 0 aromatic rings. The number of nitrogens with zero attached hydrogens (tertiary/aromatic N) is 1. The fraction of sp³-hybridized carbons (Fsp3) is 0.917. The van der Waals surface area contributed by atoms with E-state index in [9.17, 15) is 0 Å². The SMILES string of the molecule is CCCC(C)NC1=NC(CC(C)C)CS1. The van der Waals surface area contributed by atoms with Gasteiger partial charge in [0.2, 0.25) is 0 Å². The Labute approximate surface area is 98.3 Å². The van der Waals surface area contributed by atoms with Gasteiger partial charge in [0.1, 0.15) is 0 Å². The first-order valence-electron chi connectivity index (χ1n) is 6.09. The third-order valence-corrected chi connectivity index (χ3v) is 3.60. The van der Waals surface area contributed by atoms with Gasteiger partial charge in [-0.3, -0.25) is 4.99 Å². The van der Waals surface area contributed by atoms with E-state index in [1.54, 1.807) is 0 Å². The second-order valence-electron chi connectivity index (χ2n) is 4.86. The Balaban J connectivity index is 2.31. The molecule has 0 fully saturated rings. The molecule has 0 aromatic carbocycles. The van der Waals surface area contributed by atoms with E-state index in [4.69, 9.17) is 4.99 Å². The Morgan fingerprint density at radius 3 is 2.80 bits per heavy atom. The maximum Gasteiger partial charge on any atom is 0.157 e. The lowest BCUT2D eigenvalue weighted by molar-refractivity contribution is 0.527. The summed E-state index contributed by atoms with van der Waals surface area (Å²) in [6.07, 6.45) is 3.69. The van der Waals surface area contributed by atoms with E-state index in [1.807, 2.05) is 11.8 Å². The zero-order valence-electron chi connectivity index (χ0n) is 10.4. The fourth-order valence-corrected chi connectivity index (χ4v) is 2.94. The highest BCUT2D eigenvalue weighted by atomic mass is 32.2. The van der Waals surface area contributed by atoms with Crippen LogP contribution in [0.4, 0.5) is 0 Å². The third kappa shape index (κ3) is 4.92. The summed E-state index contributed by atoms with van der Waals surface area (Å²) in [5.41, 5.74) is 0. The van der Waals surface area contributed by atoms with Crippen molar-refractivity contribution in [1.82, 2.24) is 5.32 Å². The van der Waals surface area contributed by atoms with Crippen LogP contribution in [0.5, 0.6) is 0 Å². The molecule has 1 N–H and O–H groups in total. The first kappa shape index (κ1) is 12.9. The van der Waals surface area contributed by atoms with Crippen LogP contribution in [0.15, 0.2) is 4.99 Å². The van der Waals surface area contributed by atoms with Gasteiger partial charge in [0.05, 0.1) is 6.04 Å². The number of aliphatic imine (C=N–C) groups is 1. The van der Waals surface area contributed by atoms with Crippen LogP contribution in [0.1, 0.15) is 47.0 Å².